The standard InChI is InChI=1S/C12H20N2O3/c1-4-7-10-9(8-13-14-10)11(15)12(16-5-2)17-6-3/h8,12H,4-7H2,1-3H3,(H,13,14). The van der Waals surface area contributed by atoms with E-state index in [1.807, 2.05) is 13.8 Å². The van der Waals surface area contributed by atoms with Crippen LogP contribution in [0.3, 0.4) is 0 Å². The Labute approximate surface area is 102 Å². The summed E-state index contributed by atoms with van der Waals surface area (Å²) < 4.78 is 10.6. The zero-order valence-corrected chi connectivity index (χ0v) is 10.7. The molecule has 0 bridgehead atoms. The Morgan fingerprint density at radius 3 is 2.53 bits per heavy atom. The first kappa shape index (κ1) is 13.9. The van der Waals surface area contributed by atoms with Crippen molar-refractivity contribution < 1.29 is 14.3 Å². The molecule has 0 spiro atoms. The van der Waals surface area contributed by atoms with Gasteiger partial charge in [-0.1, -0.05) is 13.3 Å². The van der Waals surface area contributed by atoms with Gasteiger partial charge in [0.1, 0.15) is 0 Å². The molecule has 0 aliphatic heterocycles. The molecule has 0 aliphatic rings. The van der Waals surface area contributed by atoms with Crippen molar-refractivity contribution in [1.82, 2.24) is 10.2 Å². The van der Waals surface area contributed by atoms with Gasteiger partial charge in [-0.25, -0.2) is 0 Å². The van der Waals surface area contributed by atoms with E-state index in [2.05, 4.69) is 17.1 Å². The van der Waals surface area contributed by atoms with Crippen LogP contribution in [-0.4, -0.2) is 35.5 Å². The van der Waals surface area contributed by atoms with Crippen molar-refractivity contribution in [3.63, 3.8) is 0 Å². The normalized spacial score (nSPS) is 11.1. The maximum Gasteiger partial charge on any atom is 0.222 e. The van der Waals surface area contributed by atoms with Crippen molar-refractivity contribution in [3.05, 3.63) is 17.5 Å². The molecule has 0 amide bonds. The molecule has 1 aromatic rings. The van der Waals surface area contributed by atoms with Crippen LogP contribution >= 0.6 is 0 Å². The lowest BCUT2D eigenvalue weighted by molar-refractivity contribution is -0.107. The molecule has 0 fully saturated rings. The molecule has 0 radical (unpaired) electrons. The Hall–Kier alpha value is -1.20. The molecule has 1 aromatic heterocycles. The van der Waals surface area contributed by atoms with Crippen LogP contribution in [0.25, 0.3) is 0 Å². The average Bonchev–Trinajstić information content (AvgIpc) is 2.77. The molecule has 0 saturated heterocycles. The van der Waals surface area contributed by atoms with E-state index in [1.165, 1.54) is 0 Å². The van der Waals surface area contributed by atoms with E-state index in [0.29, 0.717) is 18.8 Å². The molecule has 1 heterocycles. The number of H-pyrrole nitrogens is 1. The van der Waals surface area contributed by atoms with E-state index in [4.69, 9.17) is 9.47 Å². The van der Waals surface area contributed by atoms with Crippen LogP contribution in [0.4, 0.5) is 0 Å². The lowest BCUT2D eigenvalue weighted by Gasteiger charge is -2.15. The van der Waals surface area contributed by atoms with Crippen LogP contribution < -0.4 is 0 Å². The van der Waals surface area contributed by atoms with E-state index in [-0.39, 0.29) is 5.78 Å². The van der Waals surface area contributed by atoms with Crippen molar-refractivity contribution in [2.75, 3.05) is 13.2 Å². The molecule has 0 aliphatic carbocycles. The number of hydrogen-bond acceptors (Lipinski definition) is 4. The van der Waals surface area contributed by atoms with E-state index in [9.17, 15) is 4.79 Å². The monoisotopic (exact) mass is 240 g/mol. The molecule has 0 atom stereocenters. The van der Waals surface area contributed by atoms with Gasteiger partial charge in [0.2, 0.25) is 12.1 Å². The number of ether oxygens (including phenoxy) is 2. The number of carbonyl (C=O) groups is 1. The number of ketones is 1. The highest BCUT2D eigenvalue weighted by molar-refractivity contribution is 5.99. The second-order valence-corrected chi connectivity index (χ2v) is 3.62. The third-order valence-electron chi connectivity index (χ3n) is 2.33. The number of carbonyl (C=O) groups excluding carboxylic acids is 1. The van der Waals surface area contributed by atoms with Gasteiger partial charge in [0.25, 0.3) is 0 Å². The van der Waals surface area contributed by atoms with Crippen molar-refractivity contribution in [1.29, 1.82) is 0 Å². The second-order valence-electron chi connectivity index (χ2n) is 3.62. The number of aryl methyl sites for hydroxylation is 1. The summed E-state index contributed by atoms with van der Waals surface area (Å²) in [6.07, 6.45) is 2.47. The molecule has 17 heavy (non-hydrogen) atoms. The third kappa shape index (κ3) is 3.64. The molecule has 0 aromatic carbocycles. The number of Topliss-reactive ketones (excluding diaryl/α,β-unsaturated/α-hetero) is 1. The molecule has 0 unspecified atom stereocenters. The molecule has 1 rings (SSSR count). The highest BCUT2D eigenvalue weighted by atomic mass is 16.7. The number of rotatable bonds is 8. The minimum absolute atomic E-state index is 0.161. The summed E-state index contributed by atoms with van der Waals surface area (Å²) in [5, 5.41) is 6.75. The molecule has 5 heteroatoms. The van der Waals surface area contributed by atoms with Gasteiger partial charge in [-0.3, -0.25) is 9.89 Å². The fourth-order valence-corrected chi connectivity index (χ4v) is 1.59. The third-order valence-corrected chi connectivity index (χ3v) is 2.33. The van der Waals surface area contributed by atoms with Crippen LogP contribution in [0.2, 0.25) is 0 Å². The molecular formula is C12H20N2O3. The van der Waals surface area contributed by atoms with Crippen molar-refractivity contribution in [2.45, 2.75) is 39.9 Å². The first-order valence-corrected chi connectivity index (χ1v) is 6.04. The molecule has 0 saturated carbocycles. The topological polar surface area (TPSA) is 64.2 Å². The summed E-state index contributed by atoms with van der Waals surface area (Å²) in [5.74, 6) is -0.161. The quantitative estimate of drug-likeness (QED) is 0.557. The number of aromatic nitrogens is 2. The fourth-order valence-electron chi connectivity index (χ4n) is 1.59. The second kappa shape index (κ2) is 7.19. The van der Waals surface area contributed by atoms with Gasteiger partial charge in [0, 0.05) is 18.9 Å². The minimum atomic E-state index is -0.821. The van der Waals surface area contributed by atoms with Crippen molar-refractivity contribution in [2.24, 2.45) is 0 Å². The summed E-state index contributed by atoms with van der Waals surface area (Å²) in [7, 11) is 0. The number of aromatic amines is 1. The maximum absolute atomic E-state index is 12.2. The van der Waals surface area contributed by atoms with E-state index >= 15 is 0 Å². The highest BCUT2D eigenvalue weighted by Crippen LogP contribution is 2.12. The number of hydrogen-bond donors (Lipinski definition) is 1. The Bertz CT molecular complexity index is 343. The highest BCUT2D eigenvalue weighted by Gasteiger charge is 2.24. The fraction of sp³-hybridized carbons (Fsp3) is 0.667. The smallest absolute Gasteiger partial charge is 0.222 e. The summed E-state index contributed by atoms with van der Waals surface area (Å²) >= 11 is 0. The zero-order chi connectivity index (χ0) is 12.7. The molecule has 96 valence electrons. The van der Waals surface area contributed by atoms with Crippen LogP contribution in [0.15, 0.2) is 6.20 Å². The molecule has 1 N–H and O–H groups in total. The average molecular weight is 240 g/mol. The number of nitrogens with one attached hydrogen (secondary N) is 1. The van der Waals surface area contributed by atoms with Crippen LogP contribution in [0.1, 0.15) is 43.2 Å². The first-order valence-electron chi connectivity index (χ1n) is 6.04. The SMILES string of the molecule is CCCc1[nH]ncc1C(=O)C(OCC)OCC. The minimum Gasteiger partial charge on any atom is -0.346 e. The van der Waals surface area contributed by atoms with Crippen molar-refractivity contribution >= 4 is 5.78 Å². The predicted octanol–water partition coefficient (Wildman–Crippen LogP) is 1.94. The maximum atomic E-state index is 12.2. The zero-order valence-electron chi connectivity index (χ0n) is 10.7. The Morgan fingerprint density at radius 2 is 2.00 bits per heavy atom. The molecule has 5 nitrogen and oxygen atoms in total. The summed E-state index contributed by atoms with van der Waals surface area (Å²) in [6.45, 7) is 6.61. The van der Waals surface area contributed by atoms with E-state index in [1.54, 1.807) is 6.20 Å². The van der Waals surface area contributed by atoms with Gasteiger partial charge in [-0.05, 0) is 20.3 Å². The summed E-state index contributed by atoms with van der Waals surface area (Å²) in [5.41, 5.74) is 1.42. The Kier molecular flexibility index (Phi) is 5.86. The largest absolute Gasteiger partial charge is 0.346 e. The van der Waals surface area contributed by atoms with Gasteiger partial charge in [-0.2, -0.15) is 5.10 Å². The van der Waals surface area contributed by atoms with Gasteiger partial charge in [-0.15, -0.1) is 0 Å². The summed E-state index contributed by atoms with van der Waals surface area (Å²) in [6, 6.07) is 0. The van der Waals surface area contributed by atoms with Crippen LogP contribution in [0.5, 0.6) is 0 Å². The Morgan fingerprint density at radius 1 is 1.35 bits per heavy atom. The first-order chi connectivity index (χ1) is 8.24. The van der Waals surface area contributed by atoms with Gasteiger partial charge in [0.05, 0.1) is 11.8 Å². The van der Waals surface area contributed by atoms with Crippen molar-refractivity contribution in [3.8, 4) is 0 Å². The van der Waals surface area contributed by atoms with Crippen LogP contribution in [0, 0.1) is 0 Å². The van der Waals surface area contributed by atoms with E-state index < -0.39 is 6.29 Å². The van der Waals surface area contributed by atoms with E-state index in [0.717, 1.165) is 18.5 Å². The van der Waals surface area contributed by atoms with Crippen LogP contribution in [-0.2, 0) is 15.9 Å². The van der Waals surface area contributed by atoms with Gasteiger partial charge in [0.15, 0.2) is 0 Å². The van der Waals surface area contributed by atoms with Gasteiger partial charge < -0.3 is 9.47 Å². The lowest BCUT2D eigenvalue weighted by atomic mass is 10.1. The lowest BCUT2D eigenvalue weighted by Crippen LogP contribution is -2.28. The Balaban J connectivity index is 2.80. The predicted molar refractivity (Wildman–Crippen MR) is 64.0 cm³/mol. The molecular weight excluding hydrogens is 220 g/mol. The summed E-state index contributed by atoms with van der Waals surface area (Å²) in [4.78, 5) is 12.2. The number of nitrogens with zero attached hydrogens (tertiary/aromatic N) is 1. The van der Waals surface area contributed by atoms with Gasteiger partial charge >= 0.3 is 0 Å².